The van der Waals surface area contributed by atoms with Gasteiger partial charge >= 0.3 is 0 Å². The second-order valence-electron chi connectivity index (χ2n) is 1.69. The minimum absolute atomic E-state index is 0.138. The Balaban J connectivity index is 2.61. The van der Waals surface area contributed by atoms with Crippen molar-refractivity contribution in [1.29, 1.82) is 0 Å². The van der Waals surface area contributed by atoms with Gasteiger partial charge in [0, 0.05) is 19.2 Å². The van der Waals surface area contributed by atoms with E-state index in [0.717, 1.165) is 5.69 Å². The predicted octanol–water partition coefficient (Wildman–Crippen LogP) is 0.0114. The molecule has 3 heteroatoms. The van der Waals surface area contributed by atoms with E-state index in [9.17, 15) is 0 Å². The molecule has 0 aromatic carbocycles. The van der Waals surface area contributed by atoms with Gasteiger partial charge in [0.15, 0.2) is 0 Å². The largest absolute Gasteiger partial charge is 0.396 e. The van der Waals surface area contributed by atoms with Crippen LogP contribution in [0, 0.1) is 0 Å². The summed E-state index contributed by atoms with van der Waals surface area (Å²) in [7, 11) is 0. The molecule has 1 heterocycles. The summed E-state index contributed by atoms with van der Waals surface area (Å²) in [5.41, 5.74) is 0.833. The molecule has 1 aromatic rings. The molecule has 0 fully saturated rings. The van der Waals surface area contributed by atoms with Gasteiger partial charge in [-0.15, -0.1) is 0 Å². The molecule has 1 N–H and O–H groups in total. The zero-order chi connectivity index (χ0) is 6.53. The van der Waals surface area contributed by atoms with E-state index in [1.54, 1.807) is 12.3 Å². The van der Waals surface area contributed by atoms with Crippen LogP contribution in [0.3, 0.4) is 0 Å². The SMILES string of the molecule is OCCc1cccnn1. The lowest BCUT2D eigenvalue weighted by molar-refractivity contribution is 0.298. The second-order valence-corrected chi connectivity index (χ2v) is 1.69. The standard InChI is InChI=1S/C6H8N2O/c9-5-3-6-2-1-4-7-8-6/h1-2,4,9H,3,5H2. The van der Waals surface area contributed by atoms with Crippen molar-refractivity contribution in [1.82, 2.24) is 10.2 Å². The smallest absolute Gasteiger partial charge is 0.0653 e. The molecule has 1 aromatic heterocycles. The van der Waals surface area contributed by atoms with Crippen LogP contribution in [0.25, 0.3) is 0 Å². The summed E-state index contributed by atoms with van der Waals surface area (Å²) < 4.78 is 0. The summed E-state index contributed by atoms with van der Waals surface area (Å²) in [5, 5.41) is 15.9. The molecule has 0 atom stereocenters. The van der Waals surface area contributed by atoms with Gasteiger partial charge in [0.05, 0.1) is 5.69 Å². The van der Waals surface area contributed by atoms with Gasteiger partial charge in [-0.2, -0.15) is 10.2 Å². The molecule has 48 valence electrons. The Morgan fingerprint density at radius 1 is 1.56 bits per heavy atom. The van der Waals surface area contributed by atoms with Crippen LogP contribution < -0.4 is 0 Å². The maximum absolute atomic E-state index is 8.45. The van der Waals surface area contributed by atoms with Gasteiger partial charge in [0.25, 0.3) is 0 Å². The van der Waals surface area contributed by atoms with Crippen LogP contribution in [-0.2, 0) is 6.42 Å². The first-order valence-electron chi connectivity index (χ1n) is 2.81. The van der Waals surface area contributed by atoms with Crippen molar-refractivity contribution in [3.05, 3.63) is 24.0 Å². The van der Waals surface area contributed by atoms with Gasteiger partial charge in [-0.05, 0) is 12.1 Å². The summed E-state index contributed by atoms with van der Waals surface area (Å²) in [6, 6.07) is 3.64. The van der Waals surface area contributed by atoms with E-state index < -0.39 is 0 Å². The summed E-state index contributed by atoms with van der Waals surface area (Å²) in [6.07, 6.45) is 2.20. The molecule has 0 saturated heterocycles. The van der Waals surface area contributed by atoms with Crippen molar-refractivity contribution in [3.63, 3.8) is 0 Å². The van der Waals surface area contributed by atoms with E-state index in [-0.39, 0.29) is 6.61 Å². The van der Waals surface area contributed by atoms with Gasteiger partial charge < -0.3 is 5.11 Å². The van der Waals surface area contributed by atoms with Crippen molar-refractivity contribution < 1.29 is 5.11 Å². The Kier molecular flexibility index (Phi) is 2.15. The van der Waals surface area contributed by atoms with E-state index in [1.807, 2.05) is 6.07 Å². The van der Waals surface area contributed by atoms with Gasteiger partial charge in [0.1, 0.15) is 0 Å². The molecular weight excluding hydrogens is 116 g/mol. The lowest BCUT2D eigenvalue weighted by Crippen LogP contribution is -1.94. The van der Waals surface area contributed by atoms with Gasteiger partial charge in [-0.25, -0.2) is 0 Å². The van der Waals surface area contributed by atoms with Crippen LogP contribution in [0.4, 0.5) is 0 Å². The number of aliphatic hydroxyl groups excluding tert-OH is 1. The summed E-state index contributed by atoms with van der Waals surface area (Å²) in [5.74, 6) is 0. The molecule has 0 aliphatic carbocycles. The monoisotopic (exact) mass is 124 g/mol. The Morgan fingerprint density at radius 2 is 2.44 bits per heavy atom. The van der Waals surface area contributed by atoms with Gasteiger partial charge in [-0.1, -0.05) is 0 Å². The van der Waals surface area contributed by atoms with Crippen LogP contribution >= 0.6 is 0 Å². The number of nitrogens with zero attached hydrogens (tertiary/aromatic N) is 2. The zero-order valence-corrected chi connectivity index (χ0v) is 4.99. The van der Waals surface area contributed by atoms with E-state index in [1.165, 1.54) is 0 Å². The van der Waals surface area contributed by atoms with E-state index in [4.69, 9.17) is 5.11 Å². The van der Waals surface area contributed by atoms with Crippen molar-refractivity contribution in [2.45, 2.75) is 6.42 Å². The molecular formula is C6H8N2O. The summed E-state index contributed by atoms with van der Waals surface area (Å²) in [4.78, 5) is 0. The molecule has 0 unspecified atom stereocenters. The van der Waals surface area contributed by atoms with Crippen LogP contribution in [0.5, 0.6) is 0 Å². The molecule has 0 bridgehead atoms. The van der Waals surface area contributed by atoms with Crippen molar-refractivity contribution in [2.75, 3.05) is 6.61 Å². The average molecular weight is 124 g/mol. The molecule has 0 aliphatic rings. The van der Waals surface area contributed by atoms with E-state index in [2.05, 4.69) is 10.2 Å². The number of rotatable bonds is 2. The molecule has 0 aliphatic heterocycles. The Morgan fingerprint density at radius 3 is 3.00 bits per heavy atom. The highest BCUT2D eigenvalue weighted by atomic mass is 16.3. The molecule has 0 saturated carbocycles. The highest BCUT2D eigenvalue weighted by Gasteiger charge is 1.88. The number of hydrogen-bond acceptors (Lipinski definition) is 3. The van der Waals surface area contributed by atoms with E-state index in [0.29, 0.717) is 6.42 Å². The van der Waals surface area contributed by atoms with Crippen LogP contribution in [0.2, 0.25) is 0 Å². The molecule has 0 amide bonds. The first kappa shape index (κ1) is 6.16. The Bertz CT molecular complexity index is 164. The predicted molar refractivity (Wildman–Crippen MR) is 32.8 cm³/mol. The highest BCUT2D eigenvalue weighted by Crippen LogP contribution is 1.89. The fourth-order valence-electron chi connectivity index (χ4n) is 0.581. The van der Waals surface area contributed by atoms with Crippen molar-refractivity contribution >= 4 is 0 Å². The lowest BCUT2D eigenvalue weighted by Gasteiger charge is -1.91. The van der Waals surface area contributed by atoms with Gasteiger partial charge in [-0.3, -0.25) is 0 Å². The van der Waals surface area contributed by atoms with Crippen molar-refractivity contribution in [3.8, 4) is 0 Å². The second kappa shape index (κ2) is 3.14. The first-order chi connectivity index (χ1) is 4.43. The third-order valence-corrected chi connectivity index (χ3v) is 0.995. The molecule has 0 spiro atoms. The summed E-state index contributed by atoms with van der Waals surface area (Å²) >= 11 is 0. The highest BCUT2D eigenvalue weighted by molar-refractivity contribution is 4.98. The molecule has 0 radical (unpaired) electrons. The zero-order valence-electron chi connectivity index (χ0n) is 4.99. The quantitative estimate of drug-likeness (QED) is 0.604. The third kappa shape index (κ3) is 1.77. The number of aliphatic hydroxyl groups is 1. The maximum atomic E-state index is 8.45. The van der Waals surface area contributed by atoms with Crippen molar-refractivity contribution in [2.24, 2.45) is 0 Å². The van der Waals surface area contributed by atoms with E-state index >= 15 is 0 Å². The van der Waals surface area contributed by atoms with Crippen LogP contribution in [0.15, 0.2) is 18.3 Å². The fraction of sp³-hybridized carbons (Fsp3) is 0.333. The third-order valence-electron chi connectivity index (χ3n) is 0.995. The maximum Gasteiger partial charge on any atom is 0.0653 e. The minimum Gasteiger partial charge on any atom is -0.396 e. The fourth-order valence-corrected chi connectivity index (χ4v) is 0.581. The number of aromatic nitrogens is 2. The van der Waals surface area contributed by atoms with Crippen LogP contribution in [0.1, 0.15) is 5.69 Å². The summed E-state index contributed by atoms with van der Waals surface area (Å²) in [6.45, 7) is 0.138. The normalized spacial score (nSPS) is 9.44. The minimum atomic E-state index is 0.138. The molecule has 9 heavy (non-hydrogen) atoms. The number of hydrogen-bond donors (Lipinski definition) is 1. The molecule has 3 nitrogen and oxygen atoms in total. The first-order valence-corrected chi connectivity index (χ1v) is 2.81. The average Bonchev–Trinajstić information content (AvgIpc) is 1.91. The lowest BCUT2D eigenvalue weighted by atomic mass is 10.3. The van der Waals surface area contributed by atoms with Gasteiger partial charge in [0.2, 0.25) is 0 Å². The van der Waals surface area contributed by atoms with Crippen LogP contribution in [-0.4, -0.2) is 21.9 Å². The topological polar surface area (TPSA) is 46.0 Å². The molecule has 1 rings (SSSR count). The Labute approximate surface area is 53.4 Å². The Hall–Kier alpha value is -0.960.